The van der Waals surface area contributed by atoms with E-state index in [1.807, 2.05) is 12.1 Å². The number of nitrogens with two attached hydrogens (primary N) is 1. The second kappa shape index (κ2) is 10.00. The first-order valence-corrected chi connectivity index (χ1v) is 12.1. The molecule has 0 heterocycles. The van der Waals surface area contributed by atoms with Gasteiger partial charge in [0.2, 0.25) is 0 Å². The Morgan fingerprint density at radius 3 is 2.40 bits per heavy atom. The quantitative estimate of drug-likeness (QED) is 0.492. The number of halogens is 1. The fraction of sp³-hybridized carbons (Fsp3) is 0.600. The molecule has 1 unspecified atom stereocenters. The van der Waals surface area contributed by atoms with Crippen molar-refractivity contribution in [3.05, 3.63) is 46.1 Å². The fourth-order valence-electron chi connectivity index (χ4n) is 4.80. The molecule has 0 radical (unpaired) electrons. The van der Waals surface area contributed by atoms with Crippen LogP contribution in [0.3, 0.4) is 0 Å². The summed E-state index contributed by atoms with van der Waals surface area (Å²) >= 11 is 6.09. The molecule has 3 aliphatic carbocycles. The number of nitrogens with zero attached hydrogens (tertiary/aromatic N) is 1. The molecule has 0 bridgehead atoms. The Balaban J connectivity index is 1.65. The Bertz CT molecular complexity index is 804. The summed E-state index contributed by atoms with van der Waals surface area (Å²) in [7, 11) is 0. The number of rotatable bonds is 5. The van der Waals surface area contributed by atoms with Gasteiger partial charge in [-0.3, -0.25) is 9.79 Å². The highest BCUT2D eigenvalue weighted by Gasteiger charge is 2.30. The number of hydrogen-bond donors (Lipinski definition) is 2. The molecule has 1 atom stereocenters. The van der Waals surface area contributed by atoms with Crippen LogP contribution in [-0.2, 0) is 11.2 Å². The first-order valence-electron chi connectivity index (χ1n) is 11.7. The fourth-order valence-corrected chi connectivity index (χ4v) is 4.92. The molecule has 3 saturated carbocycles. The molecule has 0 saturated heterocycles. The SMILES string of the molecule is N/C(C(=O)NC1CC1)=C1/CCCCC(Cc2ccc(Cl)cc2)C1=NC1CCCCC1. The molecule has 1 aromatic rings. The first kappa shape index (κ1) is 21.4. The molecule has 1 amide bonds. The molecule has 5 heteroatoms. The van der Waals surface area contributed by atoms with Gasteiger partial charge in [-0.15, -0.1) is 0 Å². The second-order valence-electron chi connectivity index (χ2n) is 9.22. The number of amides is 1. The van der Waals surface area contributed by atoms with Crippen molar-refractivity contribution in [3.8, 4) is 0 Å². The van der Waals surface area contributed by atoms with Crippen LogP contribution in [0.1, 0.15) is 76.2 Å². The van der Waals surface area contributed by atoms with E-state index in [9.17, 15) is 4.79 Å². The maximum atomic E-state index is 12.8. The van der Waals surface area contributed by atoms with Crippen molar-refractivity contribution >= 4 is 23.2 Å². The van der Waals surface area contributed by atoms with Crippen molar-refractivity contribution < 1.29 is 4.79 Å². The predicted octanol–water partition coefficient (Wildman–Crippen LogP) is 5.34. The molecular weight excluding hydrogens is 394 g/mol. The van der Waals surface area contributed by atoms with E-state index in [0.717, 1.165) is 74.1 Å². The van der Waals surface area contributed by atoms with Crippen LogP contribution >= 0.6 is 11.6 Å². The Morgan fingerprint density at radius 2 is 1.70 bits per heavy atom. The molecule has 162 valence electrons. The van der Waals surface area contributed by atoms with E-state index in [2.05, 4.69) is 17.4 Å². The van der Waals surface area contributed by atoms with Gasteiger partial charge in [0.15, 0.2) is 0 Å². The summed E-state index contributed by atoms with van der Waals surface area (Å²) in [6.07, 6.45) is 13.3. The number of allylic oxidation sites excluding steroid dienone is 1. The van der Waals surface area contributed by atoms with Crippen LogP contribution in [-0.4, -0.2) is 23.7 Å². The van der Waals surface area contributed by atoms with Crippen molar-refractivity contribution in [1.82, 2.24) is 5.32 Å². The largest absolute Gasteiger partial charge is 0.394 e. The molecule has 4 rings (SSSR count). The van der Waals surface area contributed by atoms with Gasteiger partial charge in [0, 0.05) is 28.3 Å². The number of carbonyl (C=O) groups is 1. The minimum absolute atomic E-state index is 0.101. The van der Waals surface area contributed by atoms with Crippen LogP contribution in [0, 0.1) is 5.92 Å². The molecule has 3 N–H and O–H groups in total. The molecule has 0 aromatic heterocycles. The van der Waals surface area contributed by atoms with E-state index < -0.39 is 0 Å². The minimum atomic E-state index is -0.101. The summed E-state index contributed by atoms with van der Waals surface area (Å²) in [6.45, 7) is 0. The minimum Gasteiger partial charge on any atom is -0.394 e. The topological polar surface area (TPSA) is 67.5 Å². The third kappa shape index (κ3) is 5.66. The number of carbonyl (C=O) groups excluding carboxylic acids is 1. The molecule has 4 nitrogen and oxygen atoms in total. The van der Waals surface area contributed by atoms with E-state index in [1.54, 1.807) is 0 Å². The first-order chi connectivity index (χ1) is 14.6. The average molecular weight is 428 g/mol. The lowest BCUT2D eigenvalue weighted by Crippen LogP contribution is -2.33. The molecule has 3 aliphatic rings. The maximum Gasteiger partial charge on any atom is 0.267 e. The highest BCUT2D eigenvalue weighted by atomic mass is 35.5. The lowest BCUT2D eigenvalue weighted by Gasteiger charge is -2.25. The lowest BCUT2D eigenvalue weighted by molar-refractivity contribution is -0.117. The molecule has 30 heavy (non-hydrogen) atoms. The predicted molar refractivity (Wildman–Crippen MR) is 124 cm³/mol. The Labute approximate surface area is 185 Å². The van der Waals surface area contributed by atoms with Gasteiger partial charge in [0.05, 0.1) is 6.04 Å². The van der Waals surface area contributed by atoms with Gasteiger partial charge >= 0.3 is 0 Å². The van der Waals surface area contributed by atoms with Gasteiger partial charge in [-0.2, -0.15) is 0 Å². The summed E-state index contributed by atoms with van der Waals surface area (Å²) in [5.74, 6) is 0.203. The molecule has 1 aromatic carbocycles. The summed E-state index contributed by atoms with van der Waals surface area (Å²) in [5.41, 5.74) is 10.3. The van der Waals surface area contributed by atoms with Crippen molar-refractivity contribution in [2.24, 2.45) is 16.6 Å². The summed E-state index contributed by atoms with van der Waals surface area (Å²) in [5, 5.41) is 3.84. The molecule has 0 spiro atoms. The summed E-state index contributed by atoms with van der Waals surface area (Å²) in [4.78, 5) is 18.1. The van der Waals surface area contributed by atoms with E-state index in [1.165, 1.54) is 24.8 Å². The van der Waals surface area contributed by atoms with Crippen LogP contribution in [0.15, 0.2) is 40.5 Å². The normalized spacial score (nSPS) is 26.3. The lowest BCUT2D eigenvalue weighted by atomic mass is 9.87. The zero-order chi connectivity index (χ0) is 20.9. The molecular formula is C25H34ClN3O. The van der Waals surface area contributed by atoms with Gasteiger partial charge < -0.3 is 11.1 Å². The van der Waals surface area contributed by atoms with Gasteiger partial charge in [0.25, 0.3) is 5.91 Å². The van der Waals surface area contributed by atoms with Crippen LogP contribution in [0.5, 0.6) is 0 Å². The third-order valence-corrected chi connectivity index (χ3v) is 6.95. The highest BCUT2D eigenvalue weighted by Crippen LogP contribution is 2.32. The summed E-state index contributed by atoms with van der Waals surface area (Å²) < 4.78 is 0. The van der Waals surface area contributed by atoms with Crippen molar-refractivity contribution in [2.75, 3.05) is 0 Å². The average Bonchev–Trinajstić information content (AvgIpc) is 3.59. The van der Waals surface area contributed by atoms with Gasteiger partial charge in [-0.05, 0) is 69.1 Å². The number of hydrogen-bond acceptors (Lipinski definition) is 3. The Kier molecular flexibility index (Phi) is 7.14. The van der Waals surface area contributed by atoms with Crippen molar-refractivity contribution in [1.29, 1.82) is 0 Å². The zero-order valence-electron chi connectivity index (χ0n) is 17.8. The maximum absolute atomic E-state index is 12.8. The molecule has 0 aliphatic heterocycles. The standard InChI is InChI=1S/C25H34ClN3O/c26-19-12-10-17(11-13-19)16-18-6-4-5-9-22(23(27)25(30)29-21-14-15-21)24(18)28-20-7-2-1-3-8-20/h10-13,18,20-21H,1-9,14-16,27H2,(H,29,30)/b23-22-,28-24?. The molecule has 3 fully saturated rings. The van der Waals surface area contributed by atoms with E-state index in [0.29, 0.717) is 23.7 Å². The third-order valence-electron chi connectivity index (χ3n) is 6.70. The van der Waals surface area contributed by atoms with Gasteiger partial charge in [0.1, 0.15) is 5.70 Å². The second-order valence-corrected chi connectivity index (χ2v) is 9.66. The van der Waals surface area contributed by atoms with Gasteiger partial charge in [-0.1, -0.05) is 49.4 Å². The zero-order valence-corrected chi connectivity index (χ0v) is 18.6. The van der Waals surface area contributed by atoms with Gasteiger partial charge in [-0.25, -0.2) is 0 Å². The van der Waals surface area contributed by atoms with E-state index >= 15 is 0 Å². The van der Waals surface area contributed by atoms with Crippen molar-refractivity contribution in [3.63, 3.8) is 0 Å². The van der Waals surface area contributed by atoms with Crippen LogP contribution in [0.2, 0.25) is 5.02 Å². The number of benzene rings is 1. The van der Waals surface area contributed by atoms with E-state index in [-0.39, 0.29) is 5.91 Å². The number of aliphatic imine (C=N–C) groups is 1. The van der Waals surface area contributed by atoms with E-state index in [4.69, 9.17) is 22.3 Å². The van der Waals surface area contributed by atoms with Crippen molar-refractivity contribution in [2.45, 2.75) is 89.1 Å². The smallest absolute Gasteiger partial charge is 0.267 e. The monoisotopic (exact) mass is 427 g/mol. The van der Waals surface area contributed by atoms with Crippen LogP contribution < -0.4 is 11.1 Å². The highest BCUT2D eigenvalue weighted by molar-refractivity contribution is 6.30. The summed E-state index contributed by atoms with van der Waals surface area (Å²) in [6, 6.07) is 8.81. The van der Waals surface area contributed by atoms with Crippen LogP contribution in [0.4, 0.5) is 0 Å². The van der Waals surface area contributed by atoms with Crippen LogP contribution in [0.25, 0.3) is 0 Å². The number of nitrogens with one attached hydrogen (secondary N) is 1. The Morgan fingerprint density at radius 1 is 1.00 bits per heavy atom. The Hall–Kier alpha value is -1.81.